The molecule has 1 aromatic carbocycles. The number of halogens is 2. The molecule has 5 rings (SSSR count). The Kier molecular flexibility index (Phi) is 6.94. The number of carbonyl (C=O) groups is 3. The molecule has 0 unspecified atom stereocenters. The minimum absolute atomic E-state index is 0.0232. The summed E-state index contributed by atoms with van der Waals surface area (Å²) in [6.07, 6.45) is 1.18. The van der Waals surface area contributed by atoms with Gasteiger partial charge in [-0.1, -0.05) is 11.2 Å². The lowest BCUT2D eigenvalue weighted by Gasteiger charge is -2.41. The van der Waals surface area contributed by atoms with Gasteiger partial charge in [0.1, 0.15) is 17.2 Å². The number of methoxy groups -OCH3 is 2. The van der Waals surface area contributed by atoms with Crippen LogP contribution in [0.1, 0.15) is 58.6 Å². The summed E-state index contributed by atoms with van der Waals surface area (Å²) in [6.45, 7) is 1.64. The van der Waals surface area contributed by atoms with Gasteiger partial charge in [-0.2, -0.15) is 0 Å². The molecule has 212 valence electrons. The minimum atomic E-state index is -1.27. The van der Waals surface area contributed by atoms with E-state index in [1.807, 2.05) is 6.92 Å². The van der Waals surface area contributed by atoms with E-state index in [9.17, 15) is 28.0 Å². The van der Waals surface area contributed by atoms with Crippen LogP contribution in [-0.2, 0) is 20.9 Å². The van der Waals surface area contributed by atoms with Crippen molar-refractivity contribution in [2.24, 2.45) is 5.16 Å². The predicted molar refractivity (Wildman–Crippen MR) is 133 cm³/mol. The third kappa shape index (κ3) is 4.52. The van der Waals surface area contributed by atoms with Crippen molar-refractivity contribution < 1.29 is 42.2 Å². The Bertz CT molecular complexity index is 1490. The smallest absolute Gasteiger partial charge is 0.482 e. The Morgan fingerprint density at radius 3 is 2.70 bits per heavy atom. The molecule has 0 aliphatic carbocycles. The second-order valence-electron chi connectivity index (χ2n) is 9.81. The lowest BCUT2D eigenvalue weighted by Crippen LogP contribution is -2.52. The second-order valence-corrected chi connectivity index (χ2v) is 9.81. The van der Waals surface area contributed by atoms with Crippen LogP contribution < -0.4 is 15.5 Å². The molecule has 3 aliphatic heterocycles. The number of fused-ring (bicyclic) bond motifs is 5. The number of carbonyl (C=O) groups excluding carboxylic acids is 3. The number of nitrogens with zero attached hydrogens (tertiary/aromatic N) is 3. The fourth-order valence-corrected chi connectivity index (χ4v) is 5.33. The van der Waals surface area contributed by atoms with Gasteiger partial charge in [-0.15, -0.1) is 0 Å². The van der Waals surface area contributed by atoms with E-state index in [4.69, 9.17) is 14.3 Å². The zero-order valence-electron chi connectivity index (χ0n) is 21.9. The number of hydrogen-bond acceptors (Lipinski definition) is 9. The van der Waals surface area contributed by atoms with Crippen LogP contribution in [0.15, 0.2) is 34.3 Å². The minimum Gasteiger partial charge on any atom is -0.482 e. The van der Waals surface area contributed by atoms with Gasteiger partial charge in [0.15, 0.2) is 11.3 Å². The van der Waals surface area contributed by atoms with Crippen LogP contribution in [0.5, 0.6) is 5.75 Å². The molecule has 2 amide bonds. The van der Waals surface area contributed by atoms with E-state index in [2.05, 4.69) is 15.2 Å². The lowest BCUT2D eigenvalue weighted by atomic mass is 9.85. The standard InChI is InChI=1S/C26H26F2N4O8/c1-13-6-7-26(9-19(37-2)30-40-26)18-12-31(13)24(35)20-22(39-25(36)38-3)21(33)16(11-32(18)20)23(34)29-10-14-4-5-15(27)8-17(14)28/h4-5,8,11,13,18H,6-7,9-10,12H2,1-3H3,(H,29,34)/t13-,18+,26-/m0/s1. The van der Waals surface area contributed by atoms with Gasteiger partial charge in [0, 0.05) is 37.0 Å². The lowest BCUT2D eigenvalue weighted by molar-refractivity contribution is -0.0655. The van der Waals surface area contributed by atoms with E-state index in [1.54, 1.807) is 4.90 Å². The average Bonchev–Trinajstić information content (AvgIpc) is 3.31. The molecule has 1 fully saturated rings. The largest absolute Gasteiger partial charge is 0.513 e. The maximum atomic E-state index is 14.1. The molecule has 1 aromatic heterocycles. The first kappa shape index (κ1) is 27.1. The van der Waals surface area contributed by atoms with Gasteiger partial charge < -0.3 is 33.8 Å². The van der Waals surface area contributed by atoms with Crippen molar-refractivity contribution in [1.29, 1.82) is 0 Å². The van der Waals surface area contributed by atoms with Crippen LogP contribution in [0.4, 0.5) is 13.6 Å². The molecule has 1 spiro atoms. The molecule has 0 radical (unpaired) electrons. The van der Waals surface area contributed by atoms with Gasteiger partial charge in [0.25, 0.3) is 11.8 Å². The SMILES string of the molecule is COC(=O)Oc1c2n(cc(C(=O)NCc3ccc(F)cc3F)c1=O)[C@@H]1CN(C2=O)[C@@H](C)CC[C@]12CC(OC)=NO2. The van der Waals surface area contributed by atoms with E-state index in [0.29, 0.717) is 24.8 Å². The molecule has 3 atom stereocenters. The molecule has 14 heteroatoms. The average molecular weight is 561 g/mol. The molecule has 1 saturated heterocycles. The number of rotatable bonds is 4. The van der Waals surface area contributed by atoms with Crippen molar-refractivity contribution in [2.45, 2.75) is 50.4 Å². The number of oxime groups is 1. The van der Waals surface area contributed by atoms with Gasteiger partial charge in [0.2, 0.25) is 17.1 Å². The first-order chi connectivity index (χ1) is 19.1. The number of nitrogens with one attached hydrogen (secondary N) is 1. The van der Waals surface area contributed by atoms with Gasteiger partial charge in [-0.05, 0) is 25.8 Å². The van der Waals surface area contributed by atoms with Crippen molar-refractivity contribution in [3.8, 4) is 5.75 Å². The van der Waals surface area contributed by atoms with Gasteiger partial charge in [-0.3, -0.25) is 14.4 Å². The van der Waals surface area contributed by atoms with Crippen LogP contribution in [0.25, 0.3) is 0 Å². The summed E-state index contributed by atoms with van der Waals surface area (Å²) in [5, 5.41) is 6.47. The van der Waals surface area contributed by atoms with Crippen molar-refractivity contribution in [1.82, 2.24) is 14.8 Å². The summed E-state index contributed by atoms with van der Waals surface area (Å²) in [6, 6.07) is 1.93. The van der Waals surface area contributed by atoms with Crippen LogP contribution in [-0.4, -0.2) is 65.7 Å². The zero-order valence-corrected chi connectivity index (χ0v) is 21.9. The van der Waals surface area contributed by atoms with Crippen LogP contribution in [0, 0.1) is 11.6 Å². The number of aromatic nitrogens is 1. The maximum Gasteiger partial charge on any atom is 0.513 e. The zero-order chi connectivity index (χ0) is 28.8. The van der Waals surface area contributed by atoms with Crippen molar-refractivity contribution >= 4 is 23.9 Å². The van der Waals surface area contributed by atoms with E-state index < -0.39 is 58.0 Å². The van der Waals surface area contributed by atoms with Gasteiger partial charge in [-0.25, -0.2) is 13.6 Å². The van der Waals surface area contributed by atoms with Crippen LogP contribution in [0.3, 0.4) is 0 Å². The highest BCUT2D eigenvalue weighted by atomic mass is 19.1. The van der Waals surface area contributed by atoms with E-state index in [0.717, 1.165) is 19.2 Å². The molecule has 4 heterocycles. The van der Waals surface area contributed by atoms with Gasteiger partial charge in [0.05, 0.1) is 26.7 Å². The number of benzene rings is 1. The van der Waals surface area contributed by atoms with Crippen molar-refractivity contribution in [3.63, 3.8) is 0 Å². The summed E-state index contributed by atoms with van der Waals surface area (Å²) >= 11 is 0. The molecule has 2 bridgehead atoms. The molecule has 0 saturated carbocycles. The van der Waals surface area contributed by atoms with Crippen LogP contribution in [0.2, 0.25) is 0 Å². The molecule has 3 aliphatic rings. The molecule has 2 aromatic rings. The van der Waals surface area contributed by atoms with Crippen molar-refractivity contribution in [2.75, 3.05) is 20.8 Å². The maximum absolute atomic E-state index is 14.1. The molecule has 1 N–H and O–H groups in total. The molecular formula is C26H26F2N4O8. The fourth-order valence-electron chi connectivity index (χ4n) is 5.33. The number of hydrogen-bond donors (Lipinski definition) is 1. The Hall–Kier alpha value is -4.49. The highest BCUT2D eigenvalue weighted by molar-refractivity contribution is 6.00. The highest BCUT2D eigenvalue weighted by Crippen LogP contribution is 2.46. The van der Waals surface area contributed by atoms with Crippen molar-refractivity contribution in [3.05, 3.63) is 63.1 Å². The van der Waals surface area contributed by atoms with Gasteiger partial charge >= 0.3 is 6.16 Å². The Morgan fingerprint density at radius 1 is 1.25 bits per heavy atom. The monoisotopic (exact) mass is 560 g/mol. The van der Waals surface area contributed by atoms with Crippen LogP contribution >= 0.6 is 0 Å². The number of ether oxygens (including phenoxy) is 3. The van der Waals surface area contributed by atoms with E-state index in [-0.39, 0.29) is 36.8 Å². The normalized spacial score (nSPS) is 23.1. The molecule has 12 nitrogen and oxygen atoms in total. The predicted octanol–water partition coefficient (Wildman–Crippen LogP) is 2.50. The highest BCUT2D eigenvalue weighted by Gasteiger charge is 2.55. The number of pyridine rings is 1. The summed E-state index contributed by atoms with van der Waals surface area (Å²) in [5.41, 5.74) is -2.80. The second kappa shape index (κ2) is 10.2. The first-order valence-corrected chi connectivity index (χ1v) is 12.5. The quantitative estimate of drug-likeness (QED) is 0.563. The van der Waals surface area contributed by atoms with E-state index in [1.165, 1.54) is 17.9 Å². The van der Waals surface area contributed by atoms with E-state index >= 15 is 0 Å². The third-order valence-corrected chi connectivity index (χ3v) is 7.55. The summed E-state index contributed by atoms with van der Waals surface area (Å²) in [4.78, 5) is 60.1. The molecular weight excluding hydrogens is 534 g/mol. The summed E-state index contributed by atoms with van der Waals surface area (Å²) in [7, 11) is 2.48. The Balaban J connectivity index is 1.62. The Morgan fingerprint density at radius 2 is 2.02 bits per heavy atom. The first-order valence-electron chi connectivity index (χ1n) is 12.5. The topological polar surface area (TPSA) is 138 Å². The molecule has 40 heavy (non-hydrogen) atoms. The summed E-state index contributed by atoms with van der Waals surface area (Å²) in [5.74, 6) is -3.54. The summed E-state index contributed by atoms with van der Waals surface area (Å²) < 4.78 is 43.8. The number of amides is 2. The third-order valence-electron chi connectivity index (χ3n) is 7.55. The fraction of sp³-hybridized carbons (Fsp3) is 0.423. The Labute approximate surface area is 226 Å².